The number of hydrogen-bond acceptors (Lipinski definition) is 7. The van der Waals surface area contributed by atoms with Crippen LogP contribution in [0.25, 0.3) is 11.4 Å². The summed E-state index contributed by atoms with van der Waals surface area (Å²) >= 11 is 2.77. The highest BCUT2D eigenvalue weighted by Crippen LogP contribution is 2.32. The van der Waals surface area contributed by atoms with Gasteiger partial charge in [-0.15, -0.1) is 11.8 Å². The first-order valence-electron chi connectivity index (χ1n) is 9.28. The molecule has 0 unspecified atom stereocenters. The predicted molar refractivity (Wildman–Crippen MR) is 113 cm³/mol. The van der Waals surface area contributed by atoms with Gasteiger partial charge in [0, 0.05) is 10.5 Å². The van der Waals surface area contributed by atoms with Crippen LogP contribution >= 0.6 is 23.3 Å². The molecule has 0 bridgehead atoms. The lowest BCUT2D eigenvalue weighted by molar-refractivity contribution is -0.145. The lowest BCUT2D eigenvalue weighted by Crippen LogP contribution is -2.14. The van der Waals surface area contributed by atoms with E-state index in [4.69, 9.17) is 9.47 Å². The van der Waals surface area contributed by atoms with Crippen molar-refractivity contribution < 1.29 is 27.4 Å². The van der Waals surface area contributed by atoms with Gasteiger partial charge in [0.2, 0.25) is 0 Å². The SMILES string of the molecule is CCOC(=O)COc1ccc(SCc2nc(-c3ccc(C(F)(F)F)cc3)ns2)cc1C. The monoisotopic (exact) mass is 468 g/mol. The quantitative estimate of drug-likeness (QED) is 0.309. The summed E-state index contributed by atoms with van der Waals surface area (Å²) in [6, 6.07) is 10.4. The number of esters is 1. The number of rotatable bonds is 8. The molecule has 0 atom stereocenters. The van der Waals surface area contributed by atoms with Crippen molar-refractivity contribution in [1.82, 2.24) is 9.36 Å². The van der Waals surface area contributed by atoms with Crippen LogP contribution in [-0.2, 0) is 21.5 Å². The fraction of sp³-hybridized carbons (Fsp3) is 0.286. The lowest BCUT2D eigenvalue weighted by Gasteiger charge is -2.10. The third kappa shape index (κ3) is 6.44. The van der Waals surface area contributed by atoms with Crippen molar-refractivity contribution in [3.05, 3.63) is 58.6 Å². The molecule has 3 rings (SSSR count). The summed E-state index contributed by atoms with van der Waals surface area (Å²) in [5.41, 5.74) is 0.726. The number of hydrogen-bond donors (Lipinski definition) is 0. The van der Waals surface area contributed by atoms with E-state index < -0.39 is 17.7 Å². The van der Waals surface area contributed by atoms with Crippen molar-refractivity contribution in [2.45, 2.75) is 30.7 Å². The van der Waals surface area contributed by atoms with Crippen molar-refractivity contribution >= 4 is 29.3 Å². The highest BCUT2D eigenvalue weighted by Gasteiger charge is 2.30. The summed E-state index contributed by atoms with van der Waals surface area (Å²) in [6.07, 6.45) is -4.37. The van der Waals surface area contributed by atoms with Crippen LogP contribution in [0.3, 0.4) is 0 Å². The molecule has 2 aromatic carbocycles. The van der Waals surface area contributed by atoms with E-state index in [-0.39, 0.29) is 6.61 Å². The molecule has 0 fully saturated rings. The van der Waals surface area contributed by atoms with Crippen LogP contribution in [0, 0.1) is 6.92 Å². The Kier molecular flexibility index (Phi) is 7.55. The first-order valence-corrected chi connectivity index (χ1v) is 11.0. The maximum Gasteiger partial charge on any atom is 0.416 e. The molecular weight excluding hydrogens is 449 g/mol. The third-order valence-corrected chi connectivity index (χ3v) is 6.00. The average Bonchev–Trinajstić information content (AvgIpc) is 3.20. The Morgan fingerprint density at radius 3 is 2.55 bits per heavy atom. The van der Waals surface area contributed by atoms with Gasteiger partial charge < -0.3 is 9.47 Å². The van der Waals surface area contributed by atoms with E-state index in [0.717, 1.165) is 27.6 Å². The summed E-state index contributed by atoms with van der Waals surface area (Å²) in [5.74, 6) is 1.17. The van der Waals surface area contributed by atoms with Crippen molar-refractivity contribution in [3.8, 4) is 17.1 Å². The number of alkyl halides is 3. The third-order valence-electron chi connectivity index (χ3n) is 4.10. The Morgan fingerprint density at radius 2 is 1.90 bits per heavy atom. The Labute approximate surface area is 185 Å². The van der Waals surface area contributed by atoms with Crippen molar-refractivity contribution in [2.75, 3.05) is 13.2 Å². The van der Waals surface area contributed by atoms with Crippen LogP contribution in [0.2, 0.25) is 0 Å². The van der Waals surface area contributed by atoms with Crippen molar-refractivity contribution in [1.29, 1.82) is 0 Å². The van der Waals surface area contributed by atoms with Gasteiger partial charge in [-0.2, -0.15) is 17.5 Å². The van der Waals surface area contributed by atoms with E-state index in [0.29, 0.717) is 29.5 Å². The minimum atomic E-state index is -4.37. The second kappa shape index (κ2) is 10.1. The Hall–Kier alpha value is -2.59. The standard InChI is InChI=1S/C21H19F3N2O3S2/c1-3-28-19(27)11-29-17-9-8-16(10-13(17)2)30-12-18-25-20(26-31-18)14-4-6-15(7-5-14)21(22,23)24/h4-10H,3,11-12H2,1-2H3. The van der Waals surface area contributed by atoms with E-state index in [1.54, 1.807) is 24.8 Å². The van der Waals surface area contributed by atoms with Crippen LogP contribution in [0.4, 0.5) is 13.2 Å². The lowest BCUT2D eigenvalue weighted by atomic mass is 10.1. The number of thioether (sulfide) groups is 1. The van der Waals surface area contributed by atoms with E-state index in [9.17, 15) is 18.0 Å². The number of aryl methyl sites for hydroxylation is 1. The maximum absolute atomic E-state index is 12.7. The second-order valence-corrected chi connectivity index (χ2v) is 8.28. The number of ether oxygens (including phenoxy) is 2. The molecule has 3 aromatic rings. The summed E-state index contributed by atoms with van der Waals surface area (Å²) in [5, 5.41) is 0.764. The number of nitrogens with zero attached hydrogens (tertiary/aromatic N) is 2. The number of aromatic nitrogens is 2. The van der Waals surface area contributed by atoms with E-state index >= 15 is 0 Å². The van der Waals surface area contributed by atoms with Gasteiger partial charge in [0.05, 0.1) is 17.9 Å². The van der Waals surface area contributed by atoms with Gasteiger partial charge in [-0.3, -0.25) is 0 Å². The highest BCUT2D eigenvalue weighted by molar-refractivity contribution is 7.98. The zero-order valence-corrected chi connectivity index (χ0v) is 18.4. The normalized spacial score (nSPS) is 11.4. The molecule has 0 amide bonds. The molecule has 0 aliphatic rings. The van der Waals surface area contributed by atoms with Gasteiger partial charge in [-0.25, -0.2) is 9.78 Å². The molecule has 0 saturated carbocycles. The Bertz CT molecular complexity index is 1040. The summed E-state index contributed by atoms with van der Waals surface area (Å²) in [7, 11) is 0. The van der Waals surface area contributed by atoms with Gasteiger partial charge in [0.25, 0.3) is 0 Å². The van der Waals surface area contributed by atoms with E-state index in [1.165, 1.54) is 23.7 Å². The number of carbonyl (C=O) groups excluding carboxylic acids is 1. The fourth-order valence-corrected chi connectivity index (χ4v) is 4.23. The fourth-order valence-electron chi connectivity index (χ4n) is 2.60. The predicted octanol–water partition coefficient (Wildman–Crippen LogP) is 5.77. The zero-order valence-electron chi connectivity index (χ0n) is 16.7. The molecule has 5 nitrogen and oxygen atoms in total. The van der Waals surface area contributed by atoms with Gasteiger partial charge >= 0.3 is 12.1 Å². The topological polar surface area (TPSA) is 61.3 Å². The molecule has 1 aromatic heterocycles. The van der Waals surface area contributed by atoms with Crippen LogP contribution in [-0.4, -0.2) is 28.5 Å². The van der Waals surface area contributed by atoms with Gasteiger partial charge in [-0.1, -0.05) is 12.1 Å². The Balaban J connectivity index is 1.58. The number of carbonyl (C=O) groups is 1. The molecule has 31 heavy (non-hydrogen) atoms. The Morgan fingerprint density at radius 1 is 1.16 bits per heavy atom. The summed E-state index contributed by atoms with van der Waals surface area (Å²) < 4.78 is 52.6. The molecule has 0 aliphatic heterocycles. The number of halogens is 3. The minimum absolute atomic E-state index is 0.140. The average molecular weight is 469 g/mol. The first kappa shape index (κ1) is 23.1. The molecule has 164 valence electrons. The molecule has 0 aliphatic carbocycles. The van der Waals surface area contributed by atoms with Crippen molar-refractivity contribution in [2.24, 2.45) is 0 Å². The van der Waals surface area contributed by atoms with E-state index in [1.807, 2.05) is 19.1 Å². The zero-order chi connectivity index (χ0) is 22.4. The van der Waals surface area contributed by atoms with Gasteiger partial charge in [0.15, 0.2) is 12.4 Å². The van der Waals surface area contributed by atoms with E-state index in [2.05, 4.69) is 9.36 Å². The molecule has 10 heteroatoms. The van der Waals surface area contributed by atoms with Crippen LogP contribution < -0.4 is 4.74 Å². The van der Waals surface area contributed by atoms with Crippen molar-refractivity contribution in [3.63, 3.8) is 0 Å². The van der Waals surface area contributed by atoms with Crippen LogP contribution in [0.5, 0.6) is 5.75 Å². The van der Waals surface area contributed by atoms with Gasteiger partial charge in [0.1, 0.15) is 10.8 Å². The minimum Gasteiger partial charge on any atom is -0.482 e. The largest absolute Gasteiger partial charge is 0.482 e. The summed E-state index contributed by atoms with van der Waals surface area (Å²) in [6.45, 7) is 3.79. The van der Waals surface area contributed by atoms with Crippen LogP contribution in [0.15, 0.2) is 47.4 Å². The molecule has 0 N–H and O–H groups in total. The molecule has 0 saturated heterocycles. The second-order valence-electron chi connectivity index (χ2n) is 6.40. The van der Waals surface area contributed by atoms with Crippen LogP contribution in [0.1, 0.15) is 23.1 Å². The molecule has 1 heterocycles. The van der Waals surface area contributed by atoms with Gasteiger partial charge in [-0.05, 0) is 61.3 Å². The number of benzene rings is 2. The smallest absolute Gasteiger partial charge is 0.416 e. The summed E-state index contributed by atoms with van der Waals surface area (Å²) in [4.78, 5) is 16.8. The first-order chi connectivity index (χ1) is 14.8. The molecule has 0 radical (unpaired) electrons. The molecule has 0 spiro atoms. The molecular formula is C21H19F3N2O3S2. The maximum atomic E-state index is 12.7. The highest BCUT2D eigenvalue weighted by atomic mass is 32.2.